The average molecular weight is 266 g/mol. The number of nitrogens with zero attached hydrogens (tertiary/aromatic N) is 1. The van der Waals surface area contributed by atoms with Crippen molar-refractivity contribution in [2.24, 2.45) is 5.73 Å². The summed E-state index contributed by atoms with van der Waals surface area (Å²) in [6.45, 7) is 0.354. The minimum atomic E-state index is -0.351. The summed E-state index contributed by atoms with van der Waals surface area (Å²) in [5, 5.41) is 14.1. The number of benzene rings is 2. The zero-order valence-electron chi connectivity index (χ0n) is 10.8. The van der Waals surface area contributed by atoms with Crippen molar-refractivity contribution in [2.45, 2.75) is 6.54 Å². The van der Waals surface area contributed by atoms with Crippen molar-refractivity contribution in [3.05, 3.63) is 59.7 Å². The first-order valence-corrected chi connectivity index (χ1v) is 6.09. The van der Waals surface area contributed by atoms with Crippen LogP contribution in [-0.4, -0.2) is 6.03 Å². The van der Waals surface area contributed by atoms with Gasteiger partial charge in [-0.05, 0) is 35.9 Å². The van der Waals surface area contributed by atoms with Crippen molar-refractivity contribution in [3.8, 4) is 6.07 Å². The second kappa shape index (κ2) is 6.36. The van der Waals surface area contributed by atoms with Gasteiger partial charge >= 0.3 is 6.03 Å². The topological polar surface area (TPSA) is 90.9 Å². The number of nitrogens with two attached hydrogens (primary N) is 1. The number of nitrogens with one attached hydrogen (secondary N) is 2. The molecule has 2 amide bonds. The molecule has 0 atom stereocenters. The number of hydrogen-bond donors (Lipinski definition) is 3. The Morgan fingerprint density at radius 1 is 1.10 bits per heavy atom. The Hall–Kier alpha value is -2.84. The largest absolute Gasteiger partial charge is 0.326 e. The first-order valence-electron chi connectivity index (χ1n) is 6.09. The Bertz CT molecular complexity index is 644. The van der Waals surface area contributed by atoms with Crippen molar-refractivity contribution in [3.63, 3.8) is 0 Å². The third-order valence-corrected chi connectivity index (χ3v) is 2.76. The van der Waals surface area contributed by atoms with Crippen LogP contribution in [0.1, 0.15) is 11.1 Å². The molecule has 5 heteroatoms. The summed E-state index contributed by atoms with van der Waals surface area (Å²) in [6, 6.07) is 15.6. The van der Waals surface area contributed by atoms with Crippen LogP contribution < -0.4 is 16.4 Å². The first-order chi connectivity index (χ1) is 9.72. The fraction of sp³-hybridized carbons (Fsp3) is 0.0667. The SMILES string of the molecule is N#Cc1ccc(NC(=O)Nc2ccccc2CN)cc1. The smallest absolute Gasteiger partial charge is 0.323 e. The van der Waals surface area contributed by atoms with Crippen LogP contribution in [-0.2, 0) is 6.54 Å². The van der Waals surface area contributed by atoms with E-state index < -0.39 is 0 Å². The molecule has 0 bridgehead atoms. The van der Waals surface area contributed by atoms with E-state index in [2.05, 4.69) is 10.6 Å². The number of urea groups is 1. The highest BCUT2D eigenvalue weighted by Crippen LogP contribution is 2.15. The molecule has 0 aliphatic heterocycles. The lowest BCUT2D eigenvalue weighted by Crippen LogP contribution is -2.20. The van der Waals surface area contributed by atoms with Gasteiger partial charge in [-0.2, -0.15) is 5.26 Å². The molecular weight excluding hydrogens is 252 g/mol. The second-order valence-corrected chi connectivity index (χ2v) is 4.13. The number of rotatable bonds is 3. The molecule has 4 N–H and O–H groups in total. The van der Waals surface area contributed by atoms with E-state index in [1.165, 1.54) is 0 Å². The summed E-state index contributed by atoms with van der Waals surface area (Å²) in [6.07, 6.45) is 0. The van der Waals surface area contributed by atoms with E-state index >= 15 is 0 Å². The van der Waals surface area contributed by atoms with Gasteiger partial charge in [-0.3, -0.25) is 0 Å². The van der Waals surface area contributed by atoms with Gasteiger partial charge in [0.2, 0.25) is 0 Å². The van der Waals surface area contributed by atoms with Crippen LogP contribution in [0.5, 0.6) is 0 Å². The molecule has 0 aliphatic carbocycles. The van der Waals surface area contributed by atoms with Crippen LogP contribution in [0, 0.1) is 11.3 Å². The summed E-state index contributed by atoms with van der Waals surface area (Å²) in [7, 11) is 0. The molecule has 0 saturated heterocycles. The van der Waals surface area contributed by atoms with E-state index in [-0.39, 0.29) is 6.03 Å². The van der Waals surface area contributed by atoms with Crippen molar-refractivity contribution >= 4 is 17.4 Å². The second-order valence-electron chi connectivity index (χ2n) is 4.13. The van der Waals surface area contributed by atoms with Gasteiger partial charge in [0.1, 0.15) is 0 Å². The molecule has 0 unspecified atom stereocenters. The van der Waals surface area contributed by atoms with Gasteiger partial charge in [-0.1, -0.05) is 18.2 Å². The van der Waals surface area contributed by atoms with Crippen molar-refractivity contribution in [1.29, 1.82) is 5.26 Å². The lowest BCUT2D eigenvalue weighted by molar-refractivity contribution is 0.262. The first kappa shape index (κ1) is 13.6. The Morgan fingerprint density at radius 3 is 2.45 bits per heavy atom. The zero-order chi connectivity index (χ0) is 14.4. The highest BCUT2D eigenvalue weighted by atomic mass is 16.2. The zero-order valence-corrected chi connectivity index (χ0v) is 10.8. The fourth-order valence-corrected chi connectivity index (χ4v) is 1.73. The molecule has 20 heavy (non-hydrogen) atoms. The number of hydrogen-bond acceptors (Lipinski definition) is 3. The molecule has 0 spiro atoms. The molecular formula is C15H14N4O. The molecule has 0 aromatic heterocycles. The van der Waals surface area contributed by atoms with E-state index in [1.807, 2.05) is 24.3 Å². The Balaban J connectivity index is 2.03. The minimum Gasteiger partial charge on any atom is -0.326 e. The monoisotopic (exact) mass is 266 g/mol. The number of para-hydroxylation sites is 1. The van der Waals surface area contributed by atoms with Crippen molar-refractivity contribution < 1.29 is 4.79 Å². The van der Waals surface area contributed by atoms with E-state index in [4.69, 9.17) is 11.0 Å². The molecule has 2 aromatic carbocycles. The van der Waals surface area contributed by atoms with Crippen molar-refractivity contribution in [1.82, 2.24) is 0 Å². The van der Waals surface area contributed by atoms with Crippen LogP contribution in [0.3, 0.4) is 0 Å². The van der Waals surface area contributed by atoms with Crippen LogP contribution >= 0.6 is 0 Å². The summed E-state index contributed by atoms with van der Waals surface area (Å²) < 4.78 is 0. The molecule has 0 heterocycles. The van der Waals surface area contributed by atoms with E-state index in [0.717, 1.165) is 5.56 Å². The van der Waals surface area contributed by atoms with Gasteiger partial charge in [0.15, 0.2) is 0 Å². The Morgan fingerprint density at radius 2 is 1.80 bits per heavy atom. The predicted octanol–water partition coefficient (Wildman–Crippen LogP) is 2.66. The van der Waals surface area contributed by atoms with Gasteiger partial charge in [0, 0.05) is 17.9 Å². The number of anilines is 2. The van der Waals surface area contributed by atoms with Gasteiger partial charge in [0.05, 0.1) is 11.6 Å². The molecule has 2 rings (SSSR count). The number of nitriles is 1. The van der Waals surface area contributed by atoms with Gasteiger partial charge in [-0.15, -0.1) is 0 Å². The fourth-order valence-electron chi connectivity index (χ4n) is 1.73. The average Bonchev–Trinajstić information content (AvgIpc) is 2.48. The van der Waals surface area contributed by atoms with E-state index in [1.54, 1.807) is 30.3 Å². The highest BCUT2D eigenvalue weighted by Gasteiger charge is 2.05. The molecule has 0 saturated carbocycles. The van der Waals surface area contributed by atoms with Crippen LogP contribution in [0.2, 0.25) is 0 Å². The van der Waals surface area contributed by atoms with Crippen molar-refractivity contribution in [2.75, 3.05) is 10.6 Å². The molecule has 0 fully saturated rings. The molecule has 2 aromatic rings. The normalized spacial score (nSPS) is 9.60. The Kier molecular flexibility index (Phi) is 4.32. The lowest BCUT2D eigenvalue weighted by Gasteiger charge is -2.10. The Labute approximate surface area is 117 Å². The predicted molar refractivity (Wildman–Crippen MR) is 78.1 cm³/mol. The van der Waals surface area contributed by atoms with Gasteiger partial charge in [0.25, 0.3) is 0 Å². The molecule has 0 aliphatic rings. The van der Waals surface area contributed by atoms with E-state index in [9.17, 15) is 4.79 Å². The summed E-state index contributed by atoms with van der Waals surface area (Å²) >= 11 is 0. The highest BCUT2D eigenvalue weighted by molar-refractivity contribution is 6.00. The summed E-state index contributed by atoms with van der Waals surface area (Å²) in [5.41, 5.74) is 8.32. The molecule has 0 radical (unpaired) electrons. The van der Waals surface area contributed by atoms with E-state index in [0.29, 0.717) is 23.5 Å². The number of carbonyl (C=O) groups is 1. The maximum atomic E-state index is 11.9. The standard InChI is InChI=1S/C15H14N4O/c16-9-11-5-7-13(8-6-11)18-15(20)19-14-4-2-1-3-12(14)10-17/h1-8H,10,17H2,(H2,18,19,20). The summed E-state index contributed by atoms with van der Waals surface area (Å²) in [5.74, 6) is 0. The third-order valence-electron chi connectivity index (χ3n) is 2.76. The quantitative estimate of drug-likeness (QED) is 0.797. The van der Waals surface area contributed by atoms with Crippen LogP contribution in [0.25, 0.3) is 0 Å². The lowest BCUT2D eigenvalue weighted by atomic mass is 10.2. The molecule has 5 nitrogen and oxygen atoms in total. The number of amides is 2. The van der Waals surface area contributed by atoms with Crippen LogP contribution in [0.15, 0.2) is 48.5 Å². The van der Waals surface area contributed by atoms with Gasteiger partial charge < -0.3 is 16.4 Å². The summed E-state index contributed by atoms with van der Waals surface area (Å²) in [4.78, 5) is 11.9. The third kappa shape index (κ3) is 3.34. The van der Waals surface area contributed by atoms with Crippen LogP contribution in [0.4, 0.5) is 16.2 Å². The van der Waals surface area contributed by atoms with Gasteiger partial charge in [-0.25, -0.2) is 4.79 Å². The minimum absolute atomic E-state index is 0.351. The number of carbonyl (C=O) groups excluding carboxylic acids is 1. The molecule has 100 valence electrons. The maximum absolute atomic E-state index is 11.9. The maximum Gasteiger partial charge on any atom is 0.323 e.